The number of hydrogen-bond acceptors (Lipinski definition) is 3. The molecule has 0 aromatic heterocycles. The summed E-state index contributed by atoms with van der Waals surface area (Å²) in [6.45, 7) is 2.08. The monoisotopic (exact) mass is 256 g/mol. The second-order valence-electron chi connectivity index (χ2n) is 3.35. The van der Waals surface area contributed by atoms with Crippen LogP contribution in [0, 0.1) is 0 Å². The summed E-state index contributed by atoms with van der Waals surface area (Å²) >= 11 is 3.42. The lowest BCUT2D eigenvalue weighted by molar-refractivity contribution is 0.412. The molecule has 0 amide bonds. The third kappa shape index (κ3) is 2.01. The van der Waals surface area contributed by atoms with Gasteiger partial charge in [0.2, 0.25) is 0 Å². The van der Waals surface area contributed by atoms with Gasteiger partial charge < -0.3 is 15.4 Å². The molecule has 0 bridgehead atoms. The molecule has 0 saturated carbocycles. The molecule has 0 spiro atoms. The number of rotatable bonds is 3. The Bertz CT molecular complexity index is 326. The lowest BCUT2D eigenvalue weighted by atomic mass is 10.1. The fraction of sp³-hybridized carbons (Fsp3) is 0.400. The Labute approximate surface area is 92.0 Å². The van der Waals surface area contributed by atoms with Crippen LogP contribution in [0.5, 0.6) is 5.75 Å². The topological polar surface area (TPSA) is 33.3 Å². The van der Waals surface area contributed by atoms with Gasteiger partial charge in [-0.2, -0.15) is 0 Å². The summed E-state index contributed by atoms with van der Waals surface area (Å²) in [6, 6.07) is 6.60. The highest BCUT2D eigenvalue weighted by molar-refractivity contribution is 9.10. The molecule has 1 aromatic rings. The van der Waals surface area contributed by atoms with Gasteiger partial charge in [-0.1, -0.05) is 0 Å². The van der Waals surface area contributed by atoms with Crippen LogP contribution in [-0.4, -0.2) is 26.2 Å². The van der Waals surface area contributed by atoms with E-state index in [1.165, 1.54) is 0 Å². The molecule has 0 unspecified atom stereocenters. The van der Waals surface area contributed by atoms with Crippen molar-refractivity contribution in [1.82, 2.24) is 5.32 Å². The second-order valence-corrected chi connectivity index (χ2v) is 4.20. The summed E-state index contributed by atoms with van der Waals surface area (Å²) in [4.78, 5) is 0. The minimum absolute atomic E-state index is 0.556. The van der Waals surface area contributed by atoms with Gasteiger partial charge in [0, 0.05) is 24.8 Å². The molecule has 1 aliphatic heterocycles. The van der Waals surface area contributed by atoms with E-state index >= 15 is 0 Å². The fourth-order valence-electron chi connectivity index (χ4n) is 1.38. The van der Waals surface area contributed by atoms with Crippen molar-refractivity contribution < 1.29 is 4.74 Å². The van der Waals surface area contributed by atoms with Gasteiger partial charge in [-0.25, -0.2) is 0 Å². The van der Waals surface area contributed by atoms with E-state index in [4.69, 9.17) is 4.74 Å². The van der Waals surface area contributed by atoms with E-state index in [2.05, 4.69) is 26.6 Å². The van der Waals surface area contributed by atoms with Gasteiger partial charge in [0.05, 0.1) is 17.6 Å². The minimum atomic E-state index is 0.556. The molecule has 4 heteroatoms. The number of anilines is 1. The largest absolute Gasteiger partial charge is 0.495 e. The predicted octanol–water partition coefficient (Wildman–Crippen LogP) is 1.84. The number of methoxy groups -OCH3 is 1. The molecule has 1 aromatic carbocycles. The lowest BCUT2D eigenvalue weighted by Gasteiger charge is -2.29. The highest BCUT2D eigenvalue weighted by Gasteiger charge is 2.16. The lowest BCUT2D eigenvalue weighted by Crippen LogP contribution is -2.51. The molecule has 1 saturated heterocycles. The fourth-order valence-corrected chi connectivity index (χ4v) is 1.78. The predicted molar refractivity (Wildman–Crippen MR) is 61.0 cm³/mol. The summed E-state index contributed by atoms with van der Waals surface area (Å²) < 4.78 is 6.20. The van der Waals surface area contributed by atoms with Crippen molar-refractivity contribution in [3.8, 4) is 5.75 Å². The molecule has 0 atom stereocenters. The third-order valence-electron chi connectivity index (χ3n) is 2.30. The molecule has 3 nitrogen and oxygen atoms in total. The van der Waals surface area contributed by atoms with Crippen LogP contribution in [0.25, 0.3) is 0 Å². The van der Waals surface area contributed by atoms with E-state index in [-0.39, 0.29) is 0 Å². The van der Waals surface area contributed by atoms with Crippen LogP contribution in [0.3, 0.4) is 0 Å². The summed E-state index contributed by atoms with van der Waals surface area (Å²) in [5.41, 5.74) is 1.11. The van der Waals surface area contributed by atoms with Crippen molar-refractivity contribution in [3.05, 3.63) is 22.7 Å². The van der Waals surface area contributed by atoms with Crippen LogP contribution in [0.15, 0.2) is 22.7 Å². The summed E-state index contributed by atoms with van der Waals surface area (Å²) in [5, 5.41) is 6.64. The van der Waals surface area contributed by atoms with Crippen molar-refractivity contribution in [2.75, 3.05) is 25.5 Å². The standard InChI is InChI=1S/C10H13BrN2O/c1-14-10-4-7(2-3-9(10)11)13-8-5-12-6-8/h2-4,8,12-13H,5-6H2,1H3. The van der Waals surface area contributed by atoms with Gasteiger partial charge in [-0.3, -0.25) is 0 Å². The number of hydrogen-bond donors (Lipinski definition) is 2. The molecular weight excluding hydrogens is 244 g/mol. The molecule has 2 N–H and O–H groups in total. The average molecular weight is 257 g/mol. The Morgan fingerprint density at radius 2 is 2.29 bits per heavy atom. The van der Waals surface area contributed by atoms with E-state index < -0.39 is 0 Å². The average Bonchev–Trinajstić information content (AvgIpc) is 2.14. The molecule has 14 heavy (non-hydrogen) atoms. The van der Waals surface area contributed by atoms with E-state index in [1.54, 1.807) is 7.11 Å². The zero-order valence-corrected chi connectivity index (χ0v) is 9.60. The van der Waals surface area contributed by atoms with Gasteiger partial charge in [-0.15, -0.1) is 0 Å². The van der Waals surface area contributed by atoms with E-state index in [0.717, 1.165) is 29.0 Å². The maximum absolute atomic E-state index is 5.22. The molecule has 76 valence electrons. The van der Waals surface area contributed by atoms with Crippen LogP contribution in [-0.2, 0) is 0 Å². The van der Waals surface area contributed by atoms with E-state index in [0.29, 0.717) is 6.04 Å². The Balaban J connectivity index is 2.09. The maximum Gasteiger partial charge on any atom is 0.135 e. The maximum atomic E-state index is 5.22. The quantitative estimate of drug-likeness (QED) is 0.866. The highest BCUT2D eigenvalue weighted by Crippen LogP contribution is 2.28. The van der Waals surface area contributed by atoms with Crippen molar-refractivity contribution >= 4 is 21.6 Å². The molecule has 1 heterocycles. The summed E-state index contributed by atoms with van der Waals surface area (Å²) in [5.74, 6) is 0.863. The van der Waals surface area contributed by atoms with Crippen LogP contribution in [0.4, 0.5) is 5.69 Å². The van der Waals surface area contributed by atoms with E-state index in [9.17, 15) is 0 Å². The number of halogens is 1. The van der Waals surface area contributed by atoms with Crippen molar-refractivity contribution in [1.29, 1.82) is 0 Å². The molecule has 2 rings (SSSR count). The first kappa shape index (κ1) is 9.80. The first-order valence-corrected chi connectivity index (χ1v) is 5.39. The van der Waals surface area contributed by atoms with E-state index in [1.807, 2.05) is 18.2 Å². The molecule has 0 aliphatic carbocycles. The van der Waals surface area contributed by atoms with Crippen LogP contribution < -0.4 is 15.4 Å². The first-order valence-electron chi connectivity index (χ1n) is 4.60. The minimum Gasteiger partial charge on any atom is -0.495 e. The van der Waals surface area contributed by atoms with Gasteiger partial charge in [-0.05, 0) is 28.1 Å². The molecular formula is C10H13BrN2O. The van der Waals surface area contributed by atoms with Gasteiger partial charge >= 0.3 is 0 Å². The first-order chi connectivity index (χ1) is 6.79. The number of nitrogens with one attached hydrogen (secondary N) is 2. The van der Waals surface area contributed by atoms with Crippen LogP contribution >= 0.6 is 15.9 Å². The van der Waals surface area contributed by atoms with Crippen LogP contribution in [0.2, 0.25) is 0 Å². The van der Waals surface area contributed by atoms with Crippen molar-refractivity contribution in [2.45, 2.75) is 6.04 Å². The molecule has 1 aliphatic rings. The number of ether oxygens (including phenoxy) is 1. The third-order valence-corrected chi connectivity index (χ3v) is 2.96. The Morgan fingerprint density at radius 3 is 2.86 bits per heavy atom. The zero-order valence-electron chi connectivity index (χ0n) is 8.01. The highest BCUT2D eigenvalue weighted by atomic mass is 79.9. The Morgan fingerprint density at radius 1 is 1.50 bits per heavy atom. The smallest absolute Gasteiger partial charge is 0.135 e. The summed E-state index contributed by atoms with van der Waals surface area (Å²) in [6.07, 6.45) is 0. The number of benzene rings is 1. The molecule has 0 radical (unpaired) electrons. The van der Waals surface area contributed by atoms with Crippen molar-refractivity contribution in [2.24, 2.45) is 0 Å². The SMILES string of the molecule is COc1cc(NC2CNC2)ccc1Br. The second kappa shape index (κ2) is 4.19. The Hall–Kier alpha value is -0.740. The van der Waals surface area contributed by atoms with Gasteiger partial charge in [0.1, 0.15) is 5.75 Å². The van der Waals surface area contributed by atoms with Crippen molar-refractivity contribution in [3.63, 3.8) is 0 Å². The summed E-state index contributed by atoms with van der Waals surface area (Å²) in [7, 11) is 1.68. The van der Waals surface area contributed by atoms with Gasteiger partial charge in [0.15, 0.2) is 0 Å². The molecule has 1 fully saturated rings. The Kier molecular flexibility index (Phi) is 2.93. The van der Waals surface area contributed by atoms with Crippen LogP contribution in [0.1, 0.15) is 0 Å². The van der Waals surface area contributed by atoms with Gasteiger partial charge in [0.25, 0.3) is 0 Å². The normalized spacial score (nSPS) is 16.1. The zero-order chi connectivity index (χ0) is 9.97.